The predicted molar refractivity (Wildman–Crippen MR) is 110 cm³/mol. The fourth-order valence-corrected chi connectivity index (χ4v) is 2.43. The molecule has 0 radical (unpaired) electrons. The molecule has 0 amide bonds. The van der Waals surface area contributed by atoms with E-state index in [2.05, 4.69) is 43.7 Å². The molecule has 23 heavy (non-hydrogen) atoms. The standard InChI is InChI=1S/C17H20BrN3O.HI/c1-19-17(21-12-14-4-3-5-15(18)10-14)20-11-13-6-8-16(22-2)9-7-13;/h3-10H,11-12H2,1-2H3,(H2,19,20,21);1H. The van der Waals surface area contributed by atoms with E-state index in [9.17, 15) is 0 Å². The topological polar surface area (TPSA) is 45.7 Å². The summed E-state index contributed by atoms with van der Waals surface area (Å²) in [6.07, 6.45) is 0. The van der Waals surface area contributed by atoms with E-state index in [1.54, 1.807) is 14.2 Å². The third kappa shape index (κ3) is 6.78. The first-order valence-electron chi connectivity index (χ1n) is 7.03. The van der Waals surface area contributed by atoms with E-state index in [0.29, 0.717) is 6.54 Å². The minimum Gasteiger partial charge on any atom is -0.497 e. The van der Waals surface area contributed by atoms with Crippen LogP contribution in [0.1, 0.15) is 11.1 Å². The molecule has 0 aromatic heterocycles. The molecule has 2 rings (SSSR count). The van der Waals surface area contributed by atoms with Gasteiger partial charge in [-0.05, 0) is 35.4 Å². The zero-order valence-electron chi connectivity index (χ0n) is 13.2. The van der Waals surface area contributed by atoms with Crippen LogP contribution in [0.15, 0.2) is 58.0 Å². The molecule has 0 aliphatic rings. The number of guanidine groups is 1. The monoisotopic (exact) mass is 489 g/mol. The molecule has 0 spiro atoms. The Bertz CT molecular complexity index is 632. The van der Waals surface area contributed by atoms with Gasteiger partial charge < -0.3 is 15.4 Å². The number of ether oxygens (including phenoxy) is 1. The summed E-state index contributed by atoms with van der Waals surface area (Å²) in [7, 11) is 3.44. The molecule has 2 N–H and O–H groups in total. The zero-order valence-corrected chi connectivity index (χ0v) is 17.1. The molecule has 0 atom stereocenters. The number of benzene rings is 2. The lowest BCUT2D eigenvalue weighted by Gasteiger charge is -2.12. The maximum absolute atomic E-state index is 5.15. The average molecular weight is 490 g/mol. The second-order valence-corrected chi connectivity index (χ2v) is 5.67. The summed E-state index contributed by atoms with van der Waals surface area (Å²) in [4.78, 5) is 4.23. The van der Waals surface area contributed by atoms with Crippen LogP contribution < -0.4 is 15.4 Å². The van der Waals surface area contributed by atoms with Gasteiger partial charge in [-0.15, -0.1) is 24.0 Å². The maximum atomic E-state index is 5.15. The number of hydrogen-bond donors (Lipinski definition) is 2. The number of methoxy groups -OCH3 is 1. The fourth-order valence-electron chi connectivity index (χ4n) is 1.98. The summed E-state index contributed by atoms with van der Waals surface area (Å²) in [6, 6.07) is 16.2. The number of nitrogens with zero attached hydrogens (tertiary/aromatic N) is 1. The highest BCUT2D eigenvalue weighted by atomic mass is 127. The number of rotatable bonds is 5. The minimum absolute atomic E-state index is 0. The maximum Gasteiger partial charge on any atom is 0.191 e. The van der Waals surface area contributed by atoms with Crippen molar-refractivity contribution in [1.29, 1.82) is 0 Å². The third-order valence-corrected chi connectivity index (χ3v) is 3.68. The van der Waals surface area contributed by atoms with Crippen molar-refractivity contribution in [3.05, 3.63) is 64.1 Å². The zero-order chi connectivity index (χ0) is 15.8. The summed E-state index contributed by atoms with van der Waals surface area (Å²) in [5.74, 6) is 1.64. The molecule has 2 aromatic rings. The van der Waals surface area contributed by atoms with Gasteiger partial charge in [-0.3, -0.25) is 4.99 Å². The van der Waals surface area contributed by atoms with Crippen LogP contribution >= 0.6 is 39.9 Å². The Morgan fingerprint density at radius 3 is 2.26 bits per heavy atom. The van der Waals surface area contributed by atoms with Crippen molar-refractivity contribution < 1.29 is 4.74 Å². The molecular weight excluding hydrogens is 469 g/mol. The van der Waals surface area contributed by atoms with Gasteiger partial charge in [0.2, 0.25) is 0 Å². The van der Waals surface area contributed by atoms with Crippen molar-refractivity contribution in [3.63, 3.8) is 0 Å². The van der Waals surface area contributed by atoms with E-state index < -0.39 is 0 Å². The fraction of sp³-hybridized carbons (Fsp3) is 0.235. The van der Waals surface area contributed by atoms with Gasteiger partial charge in [0.25, 0.3) is 0 Å². The molecule has 0 fully saturated rings. The molecule has 124 valence electrons. The number of hydrogen-bond acceptors (Lipinski definition) is 2. The van der Waals surface area contributed by atoms with Gasteiger partial charge in [0, 0.05) is 24.6 Å². The Morgan fingerprint density at radius 1 is 1.04 bits per heavy atom. The van der Waals surface area contributed by atoms with Crippen LogP contribution in [0.2, 0.25) is 0 Å². The first-order chi connectivity index (χ1) is 10.7. The van der Waals surface area contributed by atoms with Gasteiger partial charge in [0.15, 0.2) is 5.96 Å². The number of aliphatic imine (C=N–C) groups is 1. The molecule has 0 aliphatic heterocycles. The van der Waals surface area contributed by atoms with Gasteiger partial charge in [0.05, 0.1) is 7.11 Å². The first kappa shape index (κ1) is 19.8. The van der Waals surface area contributed by atoms with Crippen molar-refractivity contribution in [2.75, 3.05) is 14.2 Å². The van der Waals surface area contributed by atoms with Crippen LogP contribution in [0.25, 0.3) is 0 Å². The van der Waals surface area contributed by atoms with Crippen molar-refractivity contribution in [2.45, 2.75) is 13.1 Å². The lowest BCUT2D eigenvalue weighted by Crippen LogP contribution is -2.36. The number of nitrogens with one attached hydrogen (secondary N) is 2. The molecule has 0 aliphatic carbocycles. The summed E-state index contributed by atoms with van der Waals surface area (Å²) >= 11 is 3.48. The van der Waals surface area contributed by atoms with Gasteiger partial charge in [-0.1, -0.05) is 40.2 Å². The normalized spacial score (nSPS) is 10.7. The van der Waals surface area contributed by atoms with E-state index in [1.165, 1.54) is 11.1 Å². The van der Waals surface area contributed by atoms with E-state index >= 15 is 0 Å². The van der Waals surface area contributed by atoms with Gasteiger partial charge in [-0.2, -0.15) is 0 Å². The SMILES string of the molecule is CN=C(NCc1ccc(OC)cc1)NCc1cccc(Br)c1.I. The highest BCUT2D eigenvalue weighted by Gasteiger charge is 2.00. The molecule has 0 bridgehead atoms. The Hall–Kier alpha value is -1.28. The Morgan fingerprint density at radius 2 is 1.70 bits per heavy atom. The van der Waals surface area contributed by atoms with Crippen LogP contribution in [0, 0.1) is 0 Å². The summed E-state index contributed by atoms with van der Waals surface area (Å²) in [5.41, 5.74) is 2.37. The largest absolute Gasteiger partial charge is 0.497 e. The Balaban J connectivity index is 0.00000264. The molecule has 4 nitrogen and oxygen atoms in total. The highest BCUT2D eigenvalue weighted by Crippen LogP contribution is 2.12. The summed E-state index contributed by atoms with van der Waals surface area (Å²) in [5, 5.41) is 6.59. The molecule has 0 heterocycles. The van der Waals surface area contributed by atoms with E-state index in [1.807, 2.05) is 36.4 Å². The first-order valence-corrected chi connectivity index (χ1v) is 7.82. The minimum atomic E-state index is 0. The van der Waals surface area contributed by atoms with E-state index in [0.717, 1.165) is 22.7 Å². The average Bonchev–Trinajstić information content (AvgIpc) is 2.55. The van der Waals surface area contributed by atoms with Gasteiger partial charge in [0.1, 0.15) is 5.75 Å². The molecule has 2 aromatic carbocycles. The van der Waals surface area contributed by atoms with Crippen molar-refractivity contribution >= 4 is 45.9 Å². The smallest absolute Gasteiger partial charge is 0.191 e. The predicted octanol–water partition coefficient (Wildman–Crippen LogP) is 3.94. The van der Waals surface area contributed by atoms with Crippen molar-refractivity contribution in [3.8, 4) is 5.75 Å². The summed E-state index contributed by atoms with van der Waals surface area (Å²) < 4.78 is 6.23. The second kappa shape index (κ2) is 10.5. The lowest BCUT2D eigenvalue weighted by molar-refractivity contribution is 0.414. The van der Waals surface area contributed by atoms with Crippen LogP contribution in [-0.2, 0) is 13.1 Å². The molecule has 0 unspecified atom stereocenters. The van der Waals surface area contributed by atoms with Crippen LogP contribution in [0.3, 0.4) is 0 Å². The van der Waals surface area contributed by atoms with Gasteiger partial charge >= 0.3 is 0 Å². The van der Waals surface area contributed by atoms with Crippen LogP contribution in [0.5, 0.6) is 5.75 Å². The van der Waals surface area contributed by atoms with E-state index in [-0.39, 0.29) is 24.0 Å². The quantitative estimate of drug-likeness (QED) is 0.380. The second-order valence-electron chi connectivity index (χ2n) is 4.76. The summed E-state index contributed by atoms with van der Waals surface area (Å²) in [6.45, 7) is 1.43. The highest BCUT2D eigenvalue weighted by molar-refractivity contribution is 14.0. The lowest BCUT2D eigenvalue weighted by atomic mass is 10.2. The van der Waals surface area contributed by atoms with Crippen molar-refractivity contribution in [2.24, 2.45) is 4.99 Å². The Labute approximate surface area is 162 Å². The van der Waals surface area contributed by atoms with Gasteiger partial charge in [-0.25, -0.2) is 0 Å². The molecule has 0 saturated heterocycles. The molecule has 6 heteroatoms. The third-order valence-electron chi connectivity index (χ3n) is 3.19. The molecule has 0 saturated carbocycles. The molecular formula is C17H21BrIN3O. The Kier molecular flexibility index (Phi) is 9.01. The van der Waals surface area contributed by atoms with Crippen LogP contribution in [-0.4, -0.2) is 20.1 Å². The van der Waals surface area contributed by atoms with E-state index in [4.69, 9.17) is 4.74 Å². The number of halogens is 2. The van der Waals surface area contributed by atoms with Crippen LogP contribution in [0.4, 0.5) is 0 Å². The van der Waals surface area contributed by atoms with Crippen molar-refractivity contribution in [1.82, 2.24) is 10.6 Å².